The number of nitrogens with one attached hydrogen (secondary N) is 1. The van der Waals surface area contributed by atoms with Crippen LogP contribution in [0.5, 0.6) is 11.5 Å². The predicted octanol–water partition coefficient (Wildman–Crippen LogP) is 3.07. The van der Waals surface area contributed by atoms with Gasteiger partial charge < -0.3 is 19.7 Å². The third-order valence-electron chi connectivity index (χ3n) is 3.89. The van der Waals surface area contributed by atoms with E-state index in [1.54, 1.807) is 24.3 Å². The van der Waals surface area contributed by atoms with Crippen molar-refractivity contribution in [1.82, 2.24) is 0 Å². The minimum Gasteiger partial charge on any atom is -0.486 e. The van der Waals surface area contributed by atoms with Crippen LogP contribution in [0.25, 0.3) is 6.08 Å². The van der Waals surface area contributed by atoms with E-state index in [9.17, 15) is 10.1 Å². The van der Waals surface area contributed by atoms with E-state index in [-0.39, 0.29) is 5.57 Å². The van der Waals surface area contributed by atoms with Gasteiger partial charge in [-0.1, -0.05) is 12.1 Å². The molecule has 0 saturated carbocycles. The third kappa shape index (κ3) is 3.95. The number of hydrogen-bond donors (Lipinski definition) is 1. The molecule has 0 atom stereocenters. The van der Waals surface area contributed by atoms with E-state index in [4.69, 9.17) is 9.47 Å². The fourth-order valence-corrected chi connectivity index (χ4v) is 2.50. The molecule has 1 heterocycles. The molecule has 0 fully saturated rings. The highest BCUT2D eigenvalue weighted by atomic mass is 16.6. The van der Waals surface area contributed by atoms with E-state index >= 15 is 0 Å². The van der Waals surface area contributed by atoms with Crippen molar-refractivity contribution < 1.29 is 14.3 Å². The summed E-state index contributed by atoms with van der Waals surface area (Å²) in [6.07, 6.45) is 1.56. The summed E-state index contributed by atoms with van der Waals surface area (Å²) in [5.74, 6) is 0.753. The Hall–Kier alpha value is -3.46. The lowest BCUT2D eigenvalue weighted by atomic mass is 10.1. The number of nitriles is 1. The molecule has 3 rings (SSSR count). The van der Waals surface area contributed by atoms with Gasteiger partial charge in [0, 0.05) is 31.5 Å². The molecule has 1 aliphatic rings. The largest absolute Gasteiger partial charge is 0.486 e. The molecule has 2 aromatic carbocycles. The van der Waals surface area contributed by atoms with Crippen LogP contribution >= 0.6 is 0 Å². The van der Waals surface area contributed by atoms with E-state index in [1.165, 1.54) is 0 Å². The second-order valence-electron chi connectivity index (χ2n) is 5.97. The average Bonchev–Trinajstić information content (AvgIpc) is 2.66. The van der Waals surface area contributed by atoms with Crippen molar-refractivity contribution in [3.05, 3.63) is 53.6 Å². The molecule has 1 amide bonds. The van der Waals surface area contributed by atoms with Crippen molar-refractivity contribution in [3.8, 4) is 17.6 Å². The maximum Gasteiger partial charge on any atom is 0.266 e. The molecule has 6 heteroatoms. The third-order valence-corrected chi connectivity index (χ3v) is 3.89. The molecule has 0 saturated heterocycles. The number of nitrogens with zero attached hydrogens (tertiary/aromatic N) is 2. The number of amides is 1. The first-order chi connectivity index (χ1) is 12.6. The Bertz CT molecular complexity index is 880. The van der Waals surface area contributed by atoms with Crippen molar-refractivity contribution in [2.45, 2.75) is 0 Å². The van der Waals surface area contributed by atoms with Gasteiger partial charge in [0.2, 0.25) is 0 Å². The second kappa shape index (κ2) is 7.62. The smallest absolute Gasteiger partial charge is 0.266 e. The van der Waals surface area contributed by atoms with Crippen LogP contribution in [0, 0.1) is 11.3 Å². The first-order valence-electron chi connectivity index (χ1n) is 8.17. The van der Waals surface area contributed by atoms with Crippen molar-refractivity contribution >= 4 is 23.4 Å². The van der Waals surface area contributed by atoms with E-state index in [1.807, 2.05) is 49.3 Å². The first kappa shape index (κ1) is 17.4. The SMILES string of the molecule is CN(C)c1ccc(/C=C(/C#N)C(=O)Nc2ccc3c(c2)OCCO3)cc1. The molecule has 132 valence electrons. The maximum atomic E-state index is 12.4. The molecule has 0 unspecified atom stereocenters. The van der Waals surface area contributed by atoms with E-state index in [2.05, 4.69) is 5.32 Å². The summed E-state index contributed by atoms with van der Waals surface area (Å²) in [5.41, 5.74) is 2.40. The highest BCUT2D eigenvalue weighted by molar-refractivity contribution is 6.09. The molecule has 0 aliphatic carbocycles. The number of ether oxygens (including phenoxy) is 2. The van der Waals surface area contributed by atoms with E-state index in [0.29, 0.717) is 30.4 Å². The quantitative estimate of drug-likeness (QED) is 0.678. The van der Waals surface area contributed by atoms with Crippen LogP contribution in [0.1, 0.15) is 5.56 Å². The molecule has 0 bridgehead atoms. The predicted molar refractivity (Wildman–Crippen MR) is 100 cm³/mol. The van der Waals surface area contributed by atoms with Crippen molar-refractivity contribution in [2.24, 2.45) is 0 Å². The number of hydrogen-bond acceptors (Lipinski definition) is 5. The van der Waals surface area contributed by atoms with Gasteiger partial charge in [0.05, 0.1) is 0 Å². The molecule has 6 nitrogen and oxygen atoms in total. The van der Waals surface area contributed by atoms with Crippen LogP contribution in [-0.2, 0) is 4.79 Å². The summed E-state index contributed by atoms with van der Waals surface area (Å²) in [4.78, 5) is 14.4. The van der Waals surface area contributed by atoms with Gasteiger partial charge in [-0.05, 0) is 35.9 Å². The van der Waals surface area contributed by atoms with Crippen molar-refractivity contribution in [3.63, 3.8) is 0 Å². The monoisotopic (exact) mass is 349 g/mol. The van der Waals surface area contributed by atoms with Crippen LogP contribution in [0.3, 0.4) is 0 Å². The van der Waals surface area contributed by atoms with Crippen LogP contribution in [-0.4, -0.2) is 33.2 Å². The van der Waals surface area contributed by atoms with E-state index in [0.717, 1.165) is 11.3 Å². The Labute approximate surface area is 152 Å². The normalized spacial score (nSPS) is 12.9. The van der Waals surface area contributed by atoms with Crippen LogP contribution in [0.2, 0.25) is 0 Å². The minimum atomic E-state index is -0.471. The number of anilines is 2. The second-order valence-corrected chi connectivity index (χ2v) is 5.97. The van der Waals surface area contributed by atoms with Gasteiger partial charge in [0.1, 0.15) is 24.9 Å². The Morgan fingerprint density at radius 1 is 1.12 bits per heavy atom. The molecule has 26 heavy (non-hydrogen) atoms. The maximum absolute atomic E-state index is 12.4. The van der Waals surface area contributed by atoms with Gasteiger partial charge in [-0.2, -0.15) is 5.26 Å². The van der Waals surface area contributed by atoms with E-state index < -0.39 is 5.91 Å². The molecule has 2 aromatic rings. The lowest BCUT2D eigenvalue weighted by Crippen LogP contribution is -2.17. The van der Waals surface area contributed by atoms with Gasteiger partial charge in [-0.15, -0.1) is 0 Å². The molecule has 0 spiro atoms. The molecule has 1 N–H and O–H groups in total. The van der Waals surface area contributed by atoms with Crippen molar-refractivity contribution in [1.29, 1.82) is 5.26 Å². The molecule has 1 aliphatic heterocycles. The lowest BCUT2D eigenvalue weighted by Gasteiger charge is -2.18. The summed E-state index contributed by atoms with van der Waals surface area (Å²) in [5, 5.41) is 12.1. The summed E-state index contributed by atoms with van der Waals surface area (Å²) in [6, 6.07) is 14.7. The van der Waals surface area contributed by atoms with Crippen LogP contribution in [0.4, 0.5) is 11.4 Å². The number of carbonyl (C=O) groups excluding carboxylic acids is 1. The molecule has 0 radical (unpaired) electrons. The number of rotatable bonds is 4. The fourth-order valence-electron chi connectivity index (χ4n) is 2.50. The van der Waals surface area contributed by atoms with Crippen LogP contribution < -0.4 is 19.7 Å². The lowest BCUT2D eigenvalue weighted by molar-refractivity contribution is -0.112. The standard InChI is InChI=1S/C20H19N3O3/c1-23(2)17-6-3-14(4-7-17)11-15(13-21)20(24)22-16-5-8-18-19(12-16)26-10-9-25-18/h3-8,11-12H,9-10H2,1-2H3,(H,22,24)/b15-11-. The summed E-state index contributed by atoms with van der Waals surface area (Å²) >= 11 is 0. The highest BCUT2D eigenvalue weighted by Crippen LogP contribution is 2.32. The van der Waals surface area contributed by atoms with Gasteiger partial charge in [-0.3, -0.25) is 4.79 Å². The summed E-state index contributed by atoms with van der Waals surface area (Å²) in [7, 11) is 3.90. The van der Waals surface area contributed by atoms with Crippen LogP contribution in [0.15, 0.2) is 48.0 Å². The van der Waals surface area contributed by atoms with Crippen molar-refractivity contribution in [2.75, 3.05) is 37.5 Å². The van der Waals surface area contributed by atoms with Gasteiger partial charge in [-0.25, -0.2) is 0 Å². The van der Waals surface area contributed by atoms with Gasteiger partial charge >= 0.3 is 0 Å². The zero-order valence-electron chi connectivity index (χ0n) is 14.7. The fraction of sp³-hybridized carbons (Fsp3) is 0.200. The number of carbonyl (C=O) groups is 1. The topological polar surface area (TPSA) is 74.6 Å². The minimum absolute atomic E-state index is 0.0255. The Morgan fingerprint density at radius 3 is 2.46 bits per heavy atom. The average molecular weight is 349 g/mol. The van der Waals surface area contributed by atoms with Gasteiger partial charge in [0.25, 0.3) is 5.91 Å². The Kier molecular flexibility index (Phi) is 5.09. The Morgan fingerprint density at radius 2 is 1.81 bits per heavy atom. The first-order valence-corrected chi connectivity index (χ1v) is 8.17. The molecular weight excluding hydrogens is 330 g/mol. The molecule has 0 aromatic heterocycles. The zero-order valence-corrected chi connectivity index (χ0v) is 14.7. The Balaban J connectivity index is 1.75. The summed E-state index contributed by atoms with van der Waals surface area (Å²) < 4.78 is 11.0. The van der Waals surface area contributed by atoms with Gasteiger partial charge in [0.15, 0.2) is 11.5 Å². The number of fused-ring (bicyclic) bond motifs is 1. The number of benzene rings is 2. The zero-order chi connectivity index (χ0) is 18.5. The highest BCUT2D eigenvalue weighted by Gasteiger charge is 2.14. The summed E-state index contributed by atoms with van der Waals surface area (Å²) in [6.45, 7) is 0.976. The molecular formula is C20H19N3O3.